The van der Waals surface area contributed by atoms with Gasteiger partial charge >= 0.3 is 0 Å². The molecule has 1 aliphatic rings. The molecule has 0 fully saturated rings. The molecule has 9 aromatic carbocycles. The topological polar surface area (TPSA) is 9.86 Å². The normalized spacial score (nSPS) is 13.2. The third kappa shape index (κ3) is 4.59. The monoisotopic (exact) mass is 726 g/mol. The van der Waals surface area contributed by atoms with E-state index >= 15 is 0 Å². The van der Waals surface area contributed by atoms with Gasteiger partial charge in [-0.1, -0.05) is 159 Å². The van der Waals surface area contributed by atoms with E-state index in [2.05, 4.69) is 217 Å². The fourth-order valence-corrected chi connectivity index (χ4v) is 10.1. The minimum Gasteiger partial charge on any atom is -0.309 e. The van der Waals surface area contributed by atoms with E-state index in [1.807, 2.05) is 0 Å². The van der Waals surface area contributed by atoms with Gasteiger partial charge in [-0.25, -0.2) is 0 Å². The highest BCUT2D eigenvalue weighted by Gasteiger charge is 2.38. The van der Waals surface area contributed by atoms with Crippen LogP contribution in [0.4, 0.5) is 0 Å². The Morgan fingerprint density at radius 3 is 1.77 bits per heavy atom. The van der Waals surface area contributed by atoms with Crippen LogP contribution in [-0.2, 0) is 5.41 Å². The molecule has 0 unspecified atom stereocenters. The Kier molecular flexibility index (Phi) is 6.72. The average molecular weight is 727 g/mol. The van der Waals surface area contributed by atoms with E-state index in [-0.39, 0.29) is 5.41 Å². The number of fused-ring (bicyclic) bond motifs is 11. The Morgan fingerprint density at radius 1 is 0.368 bits per heavy atom. The standard InChI is InChI=1S/C55H38N2/c1-55(2)48-20-10-8-18-42(48)44-29-30-45-47-34-39(26-32-52(47)57(54(45)53(44)55)49-22-12-16-37-15-6-7-17-41(37)49)38-25-31-51-46(33-38)43-19-9-11-21-50(43)56(51)40-27-23-36(24-28-40)35-13-4-3-5-14-35/h3-34H,1-2H3. The molecule has 0 atom stereocenters. The lowest BCUT2D eigenvalue weighted by Gasteiger charge is -2.24. The van der Waals surface area contributed by atoms with Crippen LogP contribution in [0.25, 0.3) is 99.1 Å². The Labute approximate surface area is 331 Å². The van der Waals surface area contributed by atoms with Crippen LogP contribution in [0.1, 0.15) is 25.0 Å². The van der Waals surface area contributed by atoms with Crippen molar-refractivity contribution in [3.63, 3.8) is 0 Å². The number of para-hydroxylation sites is 1. The lowest BCUT2D eigenvalue weighted by Crippen LogP contribution is -2.16. The highest BCUT2D eigenvalue weighted by molar-refractivity contribution is 6.16. The summed E-state index contributed by atoms with van der Waals surface area (Å²) in [5.74, 6) is 0. The average Bonchev–Trinajstić information content (AvgIpc) is 3.86. The molecule has 1 aliphatic carbocycles. The van der Waals surface area contributed by atoms with Gasteiger partial charge in [0, 0.05) is 38.0 Å². The van der Waals surface area contributed by atoms with Crippen molar-refractivity contribution in [2.24, 2.45) is 0 Å². The summed E-state index contributed by atoms with van der Waals surface area (Å²) < 4.78 is 4.97. The fraction of sp³-hybridized carbons (Fsp3) is 0.0545. The van der Waals surface area contributed by atoms with Crippen molar-refractivity contribution in [1.82, 2.24) is 9.13 Å². The summed E-state index contributed by atoms with van der Waals surface area (Å²) in [5, 5.41) is 7.57. The van der Waals surface area contributed by atoms with Gasteiger partial charge < -0.3 is 9.13 Å². The van der Waals surface area contributed by atoms with Gasteiger partial charge in [0.2, 0.25) is 0 Å². The third-order valence-electron chi connectivity index (χ3n) is 12.7. The van der Waals surface area contributed by atoms with Crippen molar-refractivity contribution in [1.29, 1.82) is 0 Å². The molecular formula is C55H38N2. The first-order valence-electron chi connectivity index (χ1n) is 19.9. The highest BCUT2D eigenvalue weighted by Crippen LogP contribution is 2.53. The van der Waals surface area contributed by atoms with E-state index in [4.69, 9.17) is 0 Å². The largest absolute Gasteiger partial charge is 0.309 e. The van der Waals surface area contributed by atoms with Gasteiger partial charge in [-0.2, -0.15) is 0 Å². The number of rotatable bonds is 4. The summed E-state index contributed by atoms with van der Waals surface area (Å²) >= 11 is 0. The minimum atomic E-state index is -0.161. The Balaban J connectivity index is 1.07. The molecule has 0 amide bonds. The van der Waals surface area contributed by atoms with Crippen LogP contribution in [0.3, 0.4) is 0 Å². The third-order valence-corrected chi connectivity index (χ3v) is 12.7. The number of benzene rings is 9. The molecule has 2 heterocycles. The first kappa shape index (κ1) is 32.1. The van der Waals surface area contributed by atoms with Crippen molar-refractivity contribution in [3.05, 3.63) is 205 Å². The number of hydrogen-bond acceptors (Lipinski definition) is 0. The second-order valence-corrected chi connectivity index (χ2v) is 16.1. The van der Waals surface area contributed by atoms with Gasteiger partial charge in [0.05, 0.1) is 27.8 Å². The molecule has 2 heteroatoms. The zero-order valence-corrected chi connectivity index (χ0v) is 31.9. The van der Waals surface area contributed by atoms with E-state index in [1.54, 1.807) is 0 Å². The molecule has 11 aromatic rings. The molecule has 0 saturated carbocycles. The molecule has 2 aromatic heterocycles. The predicted octanol–water partition coefficient (Wildman–Crippen LogP) is 14.7. The summed E-state index contributed by atoms with van der Waals surface area (Å²) in [5.41, 5.74) is 17.5. The van der Waals surface area contributed by atoms with Crippen LogP contribution in [-0.4, -0.2) is 9.13 Å². The van der Waals surface area contributed by atoms with Crippen molar-refractivity contribution in [3.8, 4) is 44.8 Å². The smallest absolute Gasteiger partial charge is 0.0588 e. The van der Waals surface area contributed by atoms with Crippen LogP contribution in [0.15, 0.2) is 194 Å². The second kappa shape index (κ2) is 11.9. The first-order valence-corrected chi connectivity index (χ1v) is 19.9. The summed E-state index contributed by atoms with van der Waals surface area (Å²) in [7, 11) is 0. The van der Waals surface area contributed by atoms with E-state index in [9.17, 15) is 0 Å². The minimum absolute atomic E-state index is 0.161. The lowest BCUT2D eigenvalue weighted by atomic mass is 9.81. The van der Waals surface area contributed by atoms with E-state index in [0.717, 1.165) is 5.69 Å². The first-order chi connectivity index (χ1) is 28.0. The second-order valence-electron chi connectivity index (χ2n) is 16.1. The number of nitrogens with zero attached hydrogens (tertiary/aromatic N) is 2. The molecule has 0 saturated heterocycles. The van der Waals surface area contributed by atoms with Crippen molar-refractivity contribution in [2.75, 3.05) is 0 Å². The number of hydrogen-bond donors (Lipinski definition) is 0. The summed E-state index contributed by atoms with van der Waals surface area (Å²) in [6, 6.07) is 71.7. The van der Waals surface area contributed by atoms with Gasteiger partial charge in [-0.15, -0.1) is 0 Å². The fourth-order valence-electron chi connectivity index (χ4n) is 10.1. The summed E-state index contributed by atoms with van der Waals surface area (Å²) in [6.07, 6.45) is 0. The van der Waals surface area contributed by atoms with Crippen LogP contribution in [0.5, 0.6) is 0 Å². The maximum absolute atomic E-state index is 2.56. The van der Waals surface area contributed by atoms with Crippen molar-refractivity contribution >= 4 is 54.4 Å². The molecule has 0 bridgehead atoms. The van der Waals surface area contributed by atoms with Crippen molar-refractivity contribution < 1.29 is 0 Å². The van der Waals surface area contributed by atoms with E-state index in [0.29, 0.717) is 0 Å². The predicted molar refractivity (Wildman–Crippen MR) is 241 cm³/mol. The van der Waals surface area contributed by atoms with Crippen molar-refractivity contribution in [2.45, 2.75) is 19.3 Å². The highest BCUT2D eigenvalue weighted by atomic mass is 15.0. The van der Waals surface area contributed by atoms with Gasteiger partial charge in [0.25, 0.3) is 0 Å². The van der Waals surface area contributed by atoms with Gasteiger partial charge in [0.1, 0.15) is 0 Å². The van der Waals surface area contributed by atoms with E-state index in [1.165, 1.54) is 105 Å². The molecule has 12 rings (SSSR count). The molecular weight excluding hydrogens is 689 g/mol. The summed E-state index contributed by atoms with van der Waals surface area (Å²) in [4.78, 5) is 0. The van der Waals surface area contributed by atoms with Gasteiger partial charge in [-0.3, -0.25) is 0 Å². The molecule has 268 valence electrons. The zero-order valence-electron chi connectivity index (χ0n) is 31.9. The van der Waals surface area contributed by atoms with E-state index < -0.39 is 0 Å². The molecule has 0 spiro atoms. The Hall–Kier alpha value is -7.16. The maximum Gasteiger partial charge on any atom is 0.0588 e. The Bertz CT molecular complexity index is 3410. The van der Waals surface area contributed by atoms with Gasteiger partial charge in [0.15, 0.2) is 0 Å². The summed E-state index contributed by atoms with van der Waals surface area (Å²) in [6.45, 7) is 4.80. The van der Waals surface area contributed by atoms with Crippen LogP contribution in [0, 0.1) is 0 Å². The molecule has 0 N–H and O–H groups in total. The zero-order chi connectivity index (χ0) is 37.8. The SMILES string of the molecule is CC1(C)c2ccccc2-c2ccc3c4cc(-c5ccc6c(c5)c5ccccc5n6-c5ccc(-c6ccccc6)cc5)ccc4n(-c4cccc5ccccc45)c3c21. The van der Waals surface area contributed by atoms with Crippen LogP contribution >= 0.6 is 0 Å². The molecule has 2 nitrogen and oxygen atoms in total. The maximum atomic E-state index is 2.56. The Morgan fingerprint density at radius 2 is 0.965 bits per heavy atom. The molecule has 57 heavy (non-hydrogen) atoms. The van der Waals surface area contributed by atoms with Crippen LogP contribution in [0.2, 0.25) is 0 Å². The molecule has 0 radical (unpaired) electrons. The van der Waals surface area contributed by atoms with Gasteiger partial charge in [-0.05, 0) is 98.4 Å². The lowest BCUT2D eigenvalue weighted by molar-refractivity contribution is 0.664. The number of aromatic nitrogens is 2. The van der Waals surface area contributed by atoms with Crippen LogP contribution < -0.4 is 0 Å². The molecule has 0 aliphatic heterocycles. The quantitative estimate of drug-likeness (QED) is 0.171.